The lowest BCUT2D eigenvalue weighted by Crippen LogP contribution is -2.61. The molecule has 4 heterocycles. The van der Waals surface area contributed by atoms with Crippen LogP contribution in [0.3, 0.4) is 0 Å². The first kappa shape index (κ1) is 86.7. The van der Waals surface area contributed by atoms with Crippen LogP contribution in [0.15, 0.2) is 97.7 Å². The minimum Gasteiger partial charge on any atom is -0.481 e. The monoisotopic (exact) mass is 1540 g/mol. The number of carbonyl (C=O) groups is 14. The molecule has 3 aromatic heterocycles. The molecule has 0 spiro atoms. The van der Waals surface area contributed by atoms with Crippen LogP contribution in [0.5, 0.6) is 0 Å². The van der Waals surface area contributed by atoms with E-state index in [0.29, 0.717) is 49.8 Å². The van der Waals surface area contributed by atoms with Gasteiger partial charge in [-0.15, -0.1) is 0 Å². The Balaban J connectivity index is 1.29. The number of aromatic amines is 3. The summed E-state index contributed by atoms with van der Waals surface area (Å²) < 4.78 is 0. The Morgan fingerprint density at radius 1 is 0.541 bits per heavy atom. The number of primary amides is 1. The van der Waals surface area contributed by atoms with Gasteiger partial charge in [0.1, 0.15) is 60.4 Å². The molecule has 3 aromatic carbocycles. The molecule has 1 aliphatic heterocycles. The second-order valence-corrected chi connectivity index (χ2v) is 30.3. The van der Waals surface area contributed by atoms with Crippen LogP contribution in [0.1, 0.15) is 136 Å². The van der Waals surface area contributed by atoms with Gasteiger partial charge in [-0.3, -0.25) is 67.1 Å². The van der Waals surface area contributed by atoms with Crippen LogP contribution in [0, 0.1) is 17.8 Å². The summed E-state index contributed by atoms with van der Waals surface area (Å²) in [5.74, 6) is -14.6. The van der Waals surface area contributed by atoms with E-state index in [2.05, 4.69) is 89.1 Å². The van der Waals surface area contributed by atoms with Gasteiger partial charge in [0.05, 0.1) is 37.1 Å². The van der Waals surface area contributed by atoms with E-state index in [-0.39, 0.29) is 56.9 Å². The maximum Gasteiger partial charge on any atom is 0.303 e. The minimum atomic E-state index is -1.67. The number of carboxylic acids is 1. The number of carbonyl (C=O) groups excluding carboxylic acids is 13. The van der Waals surface area contributed by atoms with E-state index in [1.807, 2.05) is 0 Å². The highest BCUT2D eigenvalue weighted by Crippen LogP contribution is 2.23. The van der Waals surface area contributed by atoms with Crippen molar-refractivity contribution in [3.63, 3.8) is 0 Å². The number of nitrogens with one attached hydrogen (secondary N) is 16. The highest BCUT2D eigenvalue weighted by Gasteiger charge is 2.39. The third kappa shape index (κ3) is 26.3. The number of hydrogen-bond donors (Lipinski definition) is 19. The van der Waals surface area contributed by atoms with E-state index in [1.165, 1.54) is 26.4 Å². The standard InChI is InChI=1S/C77H106N18O16/c1-39(2)26-54-68(103)83-37-62(98)86-53(24-25-63(99)100)69(104)89-55(27-40(3)4)73(108)93-64(41(5)6)76(111)92-58(30-47-35-81-52-23-17-15-21-50(47)52)71(106)90-56(74(109)94-65(43(8)96)66(78)101)28-44-18-12-13-19-45(44)33-82-61(97)32-60(95-77(9,10)11)75(110)85-42(7)67(102)87-57(29-46-34-80-51-22-16-14-20-49(46)51)70(105)91-59(72(107)88-54)31-48-36-79-38-84-48/h12-23,34-36,38-43,53-60,64-65,80-81,95-96H,24-33,37H2,1-11H3,(H2,78,101)(H,79,84)(H,82,97)(H,83,103)(H,85,110)(H,86,98)(H,87,102)(H,88,107)(H,89,104)(H,90,106)(H,91,105)(H,92,111)(H,93,108)(H,94,109)(H,99,100)/t42-,43+,53-,54-,55-,56-,57-,58-,59-,60-,64-,65-/m0/s1. The third-order valence-electron chi connectivity index (χ3n) is 18.5. The number of rotatable bonds is 19. The molecular weight excluding hydrogens is 1430 g/mol. The number of para-hydroxylation sites is 2. The number of fused-ring (bicyclic) bond motifs is 3. The van der Waals surface area contributed by atoms with Crippen molar-refractivity contribution in [3.05, 3.63) is 126 Å². The molecule has 0 aliphatic carbocycles. The van der Waals surface area contributed by atoms with Gasteiger partial charge in [-0.05, 0) is 106 Å². The Labute approximate surface area is 642 Å². The number of benzene rings is 3. The molecule has 12 atom stereocenters. The fourth-order valence-corrected chi connectivity index (χ4v) is 12.8. The largest absolute Gasteiger partial charge is 0.481 e. The maximum atomic E-state index is 15.2. The maximum absolute atomic E-state index is 15.2. The van der Waals surface area contributed by atoms with E-state index < -0.39 is 193 Å². The van der Waals surface area contributed by atoms with Crippen molar-refractivity contribution >= 4 is 105 Å². The van der Waals surface area contributed by atoms with Crippen molar-refractivity contribution in [2.75, 3.05) is 6.54 Å². The van der Waals surface area contributed by atoms with Gasteiger partial charge in [0.15, 0.2) is 0 Å². The van der Waals surface area contributed by atoms with Crippen LogP contribution in [-0.2, 0) is 99.4 Å². The molecule has 34 nitrogen and oxygen atoms in total. The molecule has 6 aromatic rings. The smallest absolute Gasteiger partial charge is 0.303 e. The molecule has 600 valence electrons. The van der Waals surface area contributed by atoms with Crippen LogP contribution in [-0.4, -0.2) is 198 Å². The molecule has 7 rings (SSSR count). The Bertz CT molecular complexity index is 4300. The van der Waals surface area contributed by atoms with Gasteiger partial charge in [0.2, 0.25) is 76.8 Å². The number of nitrogens with zero attached hydrogens (tertiary/aromatic N) is 1. The van der Waals surface area contributed by atoms with E-state index in [9.17, 15) is 72.5 Å². The summed E-state index contributed by atoms with van der Waals surface area (Å²) in [6, 6.07) is 4.31. The van der Waals surface area contributed by atoms with Gasteiger partial charge in [-0.1, -0.05) is 102 Å². The Hall–Kier alpha value is -11.5. The summed E-state index contributed by atoms with van der Waals surface area (Å²) in [5, 5.41) is 56.9. The molecule has 1 aliphatic rings. The predicted octanol–water partition coefficient (Wildman–Crippen LogP) is -0.117. The second-order valence-electron chi connectivity index (χ2n) is 30.3. The molecule has 13 amide bonds. The average molecular weight is 1540 g/mol. The zero-order valence-corrected chi connectivity index (χ0v) is 64.3. The van der Waals surface area contributed by atoms with Crippen molar-refractivity contribution < 1.29 is 77.3 Å². The Morgan fingerprint density at radius 2 is 1.05 bits per heavy atom. The molecule has 0 bridgehead atoms. The summed E-state index contributed by atoms with van der Waals surface area (Å²) in [6.45, 7) is 17.0. The summed E-state index contributed by atoms with van der Waals surface area (Å²) >= 11 is 0. The quantitative estimate of drug-likeness (QED) is 0.0503. The van der Waals surface area contributed by atoms with Gasteiger partial charge in [0.25, 0.3) is 0 Å². The number of aromatic nitrogens is 4. The Morgan fingerprint density at radius 3 is 1.58 bits per heavy atom. The summed E-state index contributed by atoms with van der Waals surface area (Å²) in [5.41, 5.74) is 8.36. The van der Waals surface area contributed by atoms with Crippen LogP contribution < -0.4 is 74.9 Å². The number of H-pyrrole nitrogens is 3. The highest BCUT2D eigenvalue weighted by atomic mass is 16.4. The summed E-state index contributed by atoms with van der Waals surface area (Å²) in [7, 11) is 0. The summed E-state index contributed by atoms with van der Waals surface area (Å²) in [6.07, 6.45) is 1.77. The third-order valence-corrected chi connectivity index (χ3v) is 18.5. The fraction of sp³-hybridized carbons (Fsp3) is 0.494. The first-order chi connectivity index (χ1) is 52.4. The summed E-state index contributed by atoms with van der Waals surface area (Å²) in [4.78, 5) is 213. The number of amides is 13. The molecule has 0 unspecified atom stereocenters. The number of aliphatic hydroxyl groups is 1. The van der Waals surface area contributed by atoms with E-state index in [0.717, 1.165) is 0 Å². The van der Waals surface area contributed by atoms with Crippen LogP contribution in [0.2, 0.25) is 0 Å². The van der Waals surface area contributed by atoms with Crippen molar-refractivity contribution in [1.29, 1.82) is 0 Å². The molecule has 0 fully saturated rings. The average Bonchev–Trinajstić information content (AvgIpc) is 1.70. The van der Waals surface area contributed by atoms with Crippen molar-refractivity contribution in [3.8, 4) is 0 Å². The van der Waals surface area contributed by atoms with E-state index >= 15 is 4.79 Å². The first-order valence-corrected chi connectivity index (χ1v) is 37.1. The SMILES string of the molecule is CC(C)C[C@@H]1NC(=O)[C@H](Cc2c[nH]cn2)NC(=O)[C@H](Cc2c[nH]c3ccccc23)NC(=O)[C@H](C)NC(=O)[C@@H](NC(C)(C)C)CC(=O)NCc2ccccc2C[C@@H](C(=O)N[C@H](C(N)=O)[C@@H](C)O)NC(=O)[C@H](Cc2c[nH]c3ccccc23)NC(=O)[C@H](C(C)C)NC(=O)[C@H](CC(C)C)NC(=O)[C@H](CCC(=O)O)NC(=O)CNC1=O. The molecule has 0 saturated carbocycles. The minimum absolute atomic E-state index is 0.0203. The molecule has 0 radical (unpaired) electrons. The normalized spacial score (nSPS) is 22.8. The fourth-order valence-electron chi connectivity index (χ4n) is 12.8. The predicted molar refractivity (Wildman–Crippen MR) is 409 cm³/mol. The van der Waals surface area contributed by atoms with E-state index in [4.69, 9.17) is 5.73 Å². The Kier molecular flexibility index (Phi) is 31.4. The zero-order chi connectivity index (χ0) is 81.6. The van der Waals surface area contributed by atoms with Crippen molar-refractivity contribution in [2.45, 2.75) is 219 Å². The van der Waals surface area contributed by atoms with Gasteiger partial charge in [-0.25, -0.2) is 4.98 Å². The zero-order valence-electron chi connectivity index (χ0n) is 64.3. The topological polar surface area (TPSA) is 522 Å². The first-order valence-electron chi connectivity index (χ1n) is 37.1. The van der Waals surface area contributed by atoms with Crippen LogP contribution in [0.4, 0.5) is 0 Å². The van der Waals surface area contributed by atoms with E-state index in [1.54, 1.807) is 148 Å². The molecule has 111 heavy (non-hydrogen) atoms. The van der Waals surface area contributed by atoms with Gasteiger partial charge in [0, 0.05) is 84.6 Å². The van der Waals surface area contributed by atoms with Gasteiger partial charge < -0.3 is 100 Å². The van der Waals surface area contributed by atoms with Crippen molar-refractivity contribution in [2.24, 2.45) is 23.5 Å². The number of carboxylic acid groups (broad SMARTS) is 1. The lowest BCUT2D eigenvalue weighted by atomic mass is 9.97. The van der Waals surface area contributed by atoms with Gasteiger partial charge >= 0.3 is 5.97 Å². The number of aliphatic carboxylic acids is 1. The number of imidazole rings is 1. The molecular formula is C77H106N18O16. The number of aliphatic hydroxyl groups excluding tert-OH is 1. The molecule has 20 N–H and O–H groups in total. The number of nitrogens with two attached hydrogens (primary N) is 1. The van der Waals surface area contributed by atoms with Gasteiger partial charge in [-0.2, -0.15) is 0 Å². The molecule has 34 heteroatoms. The molecule has 0 saturated heterocycles. The van der Waals surface area contributed by atoms with Crippen LogP contribution in [0.25, 0.3) is 21.8 Å². The lowest BCUT2D eigenvalue weighted by molar-refractivity contribution is -0.138. The van der Waals surface area contributed by atoms with Crippen molar-refractivity contribution in [1.82, 2.24) is 89.1 Å². The number of hydrogen-bond acceptors (Lipinski definition) is 17. The van der Waals surface area contributed by atoms with Crippen LogP contribution >= 0.6 is 0 Å². The highest BCUT2D eigenvalue weighted by molar-refractivity contribution is 6.00. The second kappa shape index (κ2) is 40.2. The lowest BCUT2D eigenvalue weighted by Gasteiger charge is -2.29.